The van der Waals surface area contributed by atoms with Crippen molar-refractivity contribution in [2.24, 2.45) is 5.73 Å². The lowest BCUT2D eigenvalue weighted by atomic mass is 10.2. The molecule has 6 nitrogen and oxygen atoms in total. The minimum absolute atomic E-state index is 0.296. The molecule has 0 aliphatic carbocycles. The average molecular weight is 306 g/mol. The van der Waals surface area contributed by atoms with Gasteiger partial charge in [-0.1, -0.05) is 18.6 Å². The molecule has 120 valence electrons. The van der Waals surface area contributed by atoms with Crippen molar-refractivity contribution >= 4 is 17.0 Å². The van der Waals surface area contributed by atoms with Gasteiger partial charge in [0.05, 0.1) is 10.9 Å². The van der Waals surface area contributed by atoms with E-state index >= 15 is 0 Å². The number of hydrogen-bond acceptors (Lipinski definition) is 5. The molecule has 1 heterocycles. The summed E-state index contributed by atoms with van der Waals surface area (Å²) in [6, 6.07) is 5.59. The average Bonchev–Trinajstić information content (AvgIpc) is 2.37. The van der Waals surface area contributed by atoms with E-state index in [0.717, 1.165) is 5.56 Å². The van der Waals surface area contributed by atoms with E-state index < -0.39 is 11.7 Å². The van der Waals surface area contributed by atoms with Crippen molar-refractivity contribution in [3.05, 3.63) is 40.1 Å². The fraction of sp³-hybridized carbons (Fsp3) is 0.438. The third-order valence-electron chi connectivity index (χ3n) is 2.54. The summed E-state index contributed by atoms with van der Waals surface area (Å²) < 4.78 is 9.60. The van der Waals surface area contributed by atoms with E-state index in [1.165, 1.54) is 0 Å². The van der Waals surface area contributed by atoms with Crippen molar-refractivity contribution < 1.29 is 13.9 Å². The quantitative estimate of drug-likeness (QED) is 0.874. The number of benzene rings is 1. The molecule has 0 atom stereocenters. The van der Waals surface area contributed by atoms with E-state index in [2.05, 4.69) is 9.72 Å². The van der Waals surface area contributed by atoms with Crippen LogP contribution in [0.3, 0.4) is 0 Å². The number of ether oxygens (including phenoxy) is 1. The molecule has 0 unspecified atom stereocenters. The zero-order valence-corrected chi connectivity index (χ0v) is 13.6. The number of fused-ring (bicyclic) bond motifs is 1. The highest BCUT2D eigenvalue weighted by Gasteiger charge is 2.12. The molecule has 0 spiro atoms. The van der Waals surface area contributed by atoms with Gasteiger partial charge in [0, 0.05) is 6.42 Å². The maximum atomic E-state index is 11.5. The molecule has 0 radical (unpaired) electrons. The van der Waals surface area contributed by atoms with Gasteiger partial charge < -0.3 is 14.9 Å². The van der Waals surface area contributed by atoms with Gasteiger partial charge in [-0.15, -0.1) is 0 Å². The Hall–Kier alpha value is -2.37. The van der Waals surface area contributed by atoms with Gasteiger partial charge in [0.25, 0.3) is 0 Å². The second kappa shape index (κ2) is 7.06. The number of hydrogen-bond donors (Lipinski definition) is 1. The van der Waals surface area contributed by atoms with E-state index in [4.69, 9.17) is 10.2 Å². The third kappa shape index (κ3) is 5.55. The minimum atomic E-state index is -0.725. The first kappa shape index (κ1) is 17.7. The zero-order chi connectivity index (χ0) is 16.9. The largest absolute Gasteiger partial charge is 0.444 e. The van der Waals surface area contributed by atoms with E-state index in [9.17, 15) is 9.59 Å². The standard InChI is InChI=1S/C11H11NO2.C5H11NO2/c1-3-10-12-9-5-4-7(2)6-8(9)11(13)14-10;1-5(2,3)8-4(6)7/h4-6H,3H2,1-2H3;1-3H3,(H2,6,7). The lowest BCUT2D eigenvalue weighted by Crippen LogP contribution is -2.27. The summed E-state index contributed by atoms with van der Waals surface area (Å²) in [5, 5.41) is 0.558. The Balaban J connectivity index is 0.000000261. The van der Waals surface area contributed by atoms with Gasteiger partial charge >= 0.3 is 11.7 Å². The number of nitrogens with two attached hydrogens (primary N) is 1. The van der Waals surface area contributed by atoms with Crippen LogP contribution >= 0.6 is 0 Å². The minimum Gasteiger partial charge on any atom is -0.444 e. The SMILES string of the molecule is CC(C)(C)OC(N)=O.CCc1nc2ccc(C)cc2c(=O)o1. The number of aryl methyl sites for hydroxylation is 2. The van der Waals surface area contributed by atoms with Crippen LogP contribution in [0.25, 0.3) is 10.9 Å². The predicted octanol–water partition coefficient (Wildman–Crippen LogP) is 2.94. The highest BCUT2D eigenvalue weighted by molar-refractivity contribution is 5.77. The normalized spacial score (nSPS) is 10.8. The van der Waals surface area contributed by atoms with Crippen molar-refractivity contribution in [2.75, 3.05) is 0 Å². The molecule has 22 heavy (non-hydrogen) atoms. The second-order valence-corrected chi connectivity index (χ2v) is 5.80. The van der Waals surface area contributed by atoms with Crippen LogP contribution in [0, 0.1) is 6.92 Å². The van der Waals surface area contributed by atoms with Gasteiger partial charge in [0.2, 0.25) is 0 Å². The van der Waals surface area contributed by atoms with Gasteiger partial charge in [-0.3, -0.25) is 0 Å². The number of primary amides is 1. The number of amides is 1. The van der Waals surface area contributed by atoms with Crippen molar-refractivity contribution in [1.82, 2.24) is 4.98 Å². The molecule has 0 bridgehead atoms. The second-order valence-electron chi connectivity index (χ2n) is 5.80. The van der Waals surface area contributed by atoms with Crippen molar-refractivity contribution in [1.29, 1.82) is 0 Å². The Labute approximate surface area is 129 Å². The number of aromatic nitrogens is 1. The lowest BCUT2D eigenvalue weighted by molar-refractivity contribution is 0.0600. The number of carbonyl (C=O) groups excluding carboxylic acids is 1. The summed E-state index contributed by atoms with van der Waals surface area (Å²) in [4.78, 5) is 25.7. The van der Waals surface area contributed by atoms with E-state index in [1.54, 1.807) is 26.8 Å². The van der Waals surface area contributed by atoms with Crippen LogP contribution < -0.4 is 11.4 Å². The molecule has 1 aromatic carbocycles. The summed E-state index contributed by atoms with van der Waals surface area (Å²) >= 11 is 0. The van der Waals surface area contributed by atoms with Gasteiger partial charge in [-0.2, -0.15) is 0 Å². The van der Waals surface area contributed by atoms with Crippen molar-refractivity contribution in [3.8, 4) is 0 Å². The predicted molar refractivity (Wildman–Crippen MR) is 84.8 cm³/mol. The fourth-order valence-corrected chi connectivity index (χ4v) is 1.68. The van der Waals surface area contributed by atoms with Gasteiger partial charge in [-0.05, 0) is 39.8 Å². The van der Waals surface area contributed by atoms with Crippen LogP contribution in [-0.4, -0.2) is 16.7 Å². The Morgan fingerprint density at radius 1 is 1.36 bits per heavy atom. The van der Waals surface area contributed by atoms with Gasteiger partial charge in [0.1, 0.15) is 5.60 Å². The third-order valence-corrected chi connectivity index (χ3v) is 2.54. The summed E-state index contributed by atoms with van der Waals surface area (Å²) in [6.07, 6.45) is -0.0866. The number of nitrogens with zero attached hydrogens (tertiary/aromatic N) is 1. The molecule has 0 saturated carbocycles. The molecular formula is C16H22N2O4. The molecule has 2 aromatic rings. The Morgan fingerprint density at radius 2 is 2.00 bits per heavy atom. The molecule has 2 rings (SSSR count). The summed E-state index contributed by atoms with van der Waals surface area (Å²) in [7, 11) is 0. The number of carbonyl (C=O) groups is 1. The molecule has 0 saturated heterocycles. The van der Waals surface area contributed by atoms with Gasteiger partial charge in [0.15, 0.2) is 5.89 Å². The molecule has 2 N–H and O–H groups in total. The molecule has 0 aliphatic rings. The summed E-state index contributed by atoms with van der Waals surface area (Å²) in [5.41, 5.74) is 5.72. The monoisotopic (exact) mass is 306 g/mol. The van der Waals surface area contributed by atoms with Crippen molar-refractivity contribution in [2.45, 2.75) is 46.6 Å². The van der Waals surface area contributed by atoms with Crippen molar-refractivity contribution in [3.63, 3.8) is 0 Å². The Bertz CT molecular complexity index is 714. The Kier molecular flexibility index (Phi) is 5.68. The van der Waals surface area contributed by atoms with E-state index in [0.29, 0.717) is 23.2 Å². The molecule has 6 heteroatoms. The van der Waals surface area contributed by atoms with Crippen LogP contribution in [0.5, 0.6) is 0 Å². The highest BCUT2D eigenvalue weighted by Crippen LogP contribution is 2.10. The van der Waals surface area contributed by atoms with E-state index in [1.807, 2.05) is 26.0 Å². The molecule has 1 aromatic heterocycles. The maximum absolute atomic E-state index is 11.5. The topological polar surface area (TPSA) is 95.4 Å². The first-order chi connectivity index (χ1) is 10.1. The maximum Gasteiger partial charge on any atom is 0.405 e. The van der Waals surface area contributed by atoms with Crippen LogP contribution in [0.15, 0.2) is 27.4 Å². The number of rotatable bonds is 1. The first-order valence-corrected chi connectivity index (χ1v) is 7.01. The zero-order valence-electron chi connectivity index (χ0n) is 13.6. The van der Waals surface area contributed by atoms with Gasteiger partial charge in [-0.25, -0.2) is 14.6 Å². The van der Waals surface area contributed by atoms with Crippen LogP contribution in [0.2, 0.25) is 0 Å². The molecular weight excluding hydrogens is 284 g/mol. The highest BCUT2D eigenvalue weighted by atomic mass is 16.6. The molecule has 1 amide bonds. The lowest BCUT2D eigenvalue weighted by Gasteiger charge is -2.16. The summed E-state index contributed by atoms with van der Waals surface area (Å²) in [5.74, 6) is 0.492. The smallest absolute Gasteiger partial charge is 0.405 e. The fourth-order valence-electron chi connectivity index (χ4n) is 1.68. The Morgan fingerprint density at radius 3 is 2.45 bits per heavy atom. The molecule has 0 aliphatic heterocycles. The molecule has 0 fully saturated rings. The van der Waals surface area contributed by atoms with Crippen LogP contribution in [0.1, 0.15) is 39.1 Å². The van der Waals surface area contributed by atoms with E-state index in [-0.39, 0.29) is 5.63 Å². The summed E-state index contributed by atoms with van der Waals surface area (Å²) in [6.45, 7) is 9.13. The first-order valence-electron chi connectivity index (χ1n) is 7.01. The van der Waals surface area contributed by atoms with Crippen LogP contribution in [-0.2, 0) is 11.2 Å². The van der Waals surface area contributed by atoms with Crippen LogP contribution in [0.4, 0.5) is 4.79 Å².